The number of hydrogen-bond acceptors (Lipinski definition) is 3. The first-order chi connectivity index (χ1) is 28.2. The number of nitrogens with zero attached hydrogens (tertiary/aromatic N) is 1. The molecule has 11 aromatic rings. The van der Waals surface area contributed by atoms with Gasteiger partial charge in [0.2, 0.25) is 0 Å². The van der Waals surface area contributed by atoms with Gasteiger partial charge in [0, 0.05) is 32.9 Å². The van der Waals surface area contributed by atoms with Crippen molar-refractivity contribution in [3.05, 3.63) is 212 Å². The summed E-state index contributed by atoms with van der Waals surface area (Å²) in [5.41, 5.74) is 15.9. The summed E-state index contributed by atoms with van der Waals surface area (Å²) >= 11 is 0. The molecule has 0 N–H and O–H groups in total. The van der Waals surface area contributed by atoms with Gasteiger partial charge in [-0.25, -0.2) is 0 Å². The summed E-state index contributed by atoms with van der Waals surface area (Å²) in [7, 11) is 0. The van der Waals surface area contributed by atoms with E-state index in [9.17, 15) is 0 Å². The third kappa shape index (κ3) is 5.85. The highest BCUT2D eigenvalue weighted by molar-refractivity contribution is 6.10. The van der Waals surface area contributed by atoms with Crippen LogP contribution in [-0.2, 0) is 0 Å². The molecule has 0 fully saturated rings. The van der Waals surface area contributed by atoms with Crippen LogP contribution in [-0.4, -0.2) is 0 Å². The molecular formula is C54H35NO2. The van der Waals surface area contributed by atoms with Crippen molar-refractivity contribution >= 4 is 60.9 Å². The zero-order valence-corrected chi connectivity index (χ0v) is 31.0. The lowest BCUT2D eigenvalue weighted by atomic mass is 9.93. The number of furan rings is 2. The summed E-state index contributed by atoms with van der Waals surface area (Å²) in [5, 5.41) is 4.45. The van der Waals surface area contributed by atoms with E-state index < -0.39 is 0 Å². The normalized spacial score (nSPS) is 11.5. The summed E-state index contributed by atoms with van der Waals surface area (Å²) in [6, 6.07) is 75.2. The van der Waals surface area contributed by atoms with Crippen LogP contribution in [0.5, 0.6) is 0 Å². The Morgan fingerprint density at radius 3 is 1.30 bits per heavy atom. The summed E-state index contributed by atoms with van der Waals surface area (Å²) in [4.78, 5) is 2.31. The number of benzene rings is 9. The number of fused-ring (bicyclic) bond motifs is 6. The van der Waals surface area contributed by atoms with Crippen LogP contribution in [0.1, 0.15) is 0 Å². The Bertz CT molecular complexity index is 3150. The summed E-state index contributed by atoms with van der Waals surface area (Å²) in [6.07, 6.45) is 0. The molecule has 0 aliphatic carbocycles. The van der Waals surface area contributed by atoms with Gasteiger partial charge < -0.3 is 13.7 Å². The second-order valence-corrected chi connectivity index (χ2v) is 14.5. The molecule has 3 nitrogen and oxygen atoms in total. The molecule has 0 saturated carbocycles. The maximum Gasteiger partial charge on any atom is 0.159 e. The SMILES string of the molecule is c1ccc(-c2cc(-c3ccccc3)cc(-c3ccc(N(c4ccc(-c5ccc6oc7ccccc7c6c5)cc4)c4cccc5c4oc4ccccc45)cc3)c2)cc1. The van der Waals surface area contributed by atoms with Crippen molar-refractivity contribution in [3.63, 3.8) is 0 Å². The van der Waals surface area contributed by atoms with Gasteiger partial charge in [0.25, 0.3) is 0 Å². The molecule has 0 unspecified atom stereocenters. The first kappa shape index (κ1) is 32.8. The van der Waals surface area contributed by atoms with Crippen LogP contribution in [0, 0.1) is 0 Å². The molecule has 0 radical (unpaired) electrons. The van der Waals surface area contributed by atoms with Gasteiger partial charge in [-0.2, -0.15) is 0 Å². The second-order valence-electron chi connectivity index (χ2n) is 14.5. The van der Waals surface area contributed by atoms with Crippen molar-refractivity contribution < 1.29 is 8.83 Å². The van der Waals surface area contributed by atoms with Crippen molar-refractivity contribution in [1.82, 2.24) is 0 Å². The van der Waals surface area contributed by atoms with E-state index in [4.69, 9.17) is 8.83 Å². The fourth-order valence-electron chi connectivity index (χ4n) is 8.24. The molecule has 0 saturated heterocycles. The smallest absolute Gasteiger partial charge is 0.159 e. The van der Waals surface area contributed by atoms with Crippen molar-refractivity contribution in [2.75, 3.05) is 4.90 Å². The van der Waals surface area contributed by atoms with Gasteiger partial charge >= 0.3 is 0 Å². The molecule has 0 amide bonds. The zero-order chi connectivity index (χ0) is 37.7. The molecule has 268 valence electrons. The Kier molecular flexibility index (Phi) is 7.82. The molecule has 3 heteroatoms. The molecule has 11 rings (SSSR count). The minimum atomic E-state index is 0.854. The van der Waals surface area contributed by atoms with Crippen molar-refractivity contribution in [2.24, 2.45) is 0 Å². The maximum absolute atomic E-state index is 6.62. The fraction of sp³-hybridized carbons (Fsp3) is 0. The average molecular weight is 730 g/mol. The van der Waals surface area contributed by atoms with E-state index in [0.29, 0.717) is 0 Å². The van der Waals surface area contributed by atoms with Crippen LogP contribution in [0.25, 0.3) is 88.4 Å². The van der Waals surface area contributed by atoms with Crippen LogP contribution in [0.4, 0.5) is 17.1 Å². The fourth-order valence-corrected chi connectivity index (χ4v) is 8.24. The van der Waals surface area contributed by atoms with E-state index in [1.54, 1.807) is 0 Å². The summed E-state index contributed by atoms with van der Waals surface area (Å²) in [6.45, 7) is 0. The molecular weight excluding hydrogens is 695 g/mol. The Balaban J connectivity index is 1.03. The van der Waals surface area contributed by atoms with Gasteiger partial charge in [-0.3, -0.25) is 0 Å². The lowest BCUT2D eigenvalue weighted by Gasteiger charge is -2.26. The van der Waals surface area contributed by atoms with Crippen LogP contribution < -0.4 is 4.90 Å². The van der Waals surface area contributed by atoms with Crippen molar-refractivity contribution in [2.45, 2.75) is 0 Å². The zero-order valence-electron chi connectivity index (χ0n) is 31.0. The first-order valence-electron chi connectivity index (χ1n) is 19.3. The number of hydrogen-bond donors (Lipinski definition) is 0. The second kappa shape index (κ2) is 13.6. The molecule has 2 aromatic heterocycles. The largest absolute Gasteiger partial charge is 0.456 e. The summed E-state index contributed by atoms with van der Waals surface area (Å²) < 4.78 is 12.7. The Hall–Kier alpha value is -7.62. The first-order valence-corrected chi connectivity index (χ1v) is 19.3. The highest BCUT2D eigenvalue weighted by Crippen LogP contribution is 2.43. The molecule has 0 atom stereocenters. The van der Waals surface area contributed by atoms with Gasteiger partial charge in [0.15, 0.2) is 5.58 Å². The standard InChI is InChI=1S/C54H35NO2/c1-3-12-36(13-4-1)41-32-42(37-14-5-2-6-15-37)34-43(33-41)39-24-29-45(30-25-39)55(50-19-11-18-48-46-16-7-10-21-52(46)57-54(48)50)44-27-22-38(23-28-44)40-26-31-53-49(35-40)47-17-8-9-20-51(47)56-53/h1-35H. The van der Waals surface area contributed by atoms with Crippen LogP contribution in [0.15, 0.2) is 221 Å². The van der Waals surface area contributed by atoms with Crippen LogP contribution in [0.3, 0.4) is 0 Å². The van der Waals surface area contributed by atoms with Crippen molar-refractivity contribution in [3.8, 4) is 44.5 Å². The van der Waals surface area contributed by atoms with Gasteiger partial charge in [0.05, 0.1) is 5.69 Å². The number of para-hydroxylation sites is 3. The highest BCUT2D eigenvalue weighted by atomic mass is 16.3. The average Bonchev–Trinajstić information content (AvgIpc) is 3.86. The highest BCUT2D eigenvalue weighted by Gasteiger charge is 2.20. The molecule has 0 aliphatic rings. The minimum absolute atomic E-state index is 0.854. The maximum atomic E-state index is 6.62. The van der Waals surface area contributed by atoms with E-state index in [1.165, 1.54) is 27.8 Å². The van der Waals surface area contributed by atoms with E-state index in [1.807, 2.05) is 24.3 Å². The van der Waals surface area contributed by atoms with Gasteiger partial charge in [0.1, 0.15) is 16.7 Å². The third-order valence-electron chi connectivity index (χ3n) is 11.1. The molecule has 57 heavy (non-hydrogen) atoms. The van der Waals surface area contributed by atoms with Gasteiger partial charge in [-0.15, -0.1) is 0 Å². The van der Waals surface area contributed by atoms with Crippen LogP contribution >= 0.6 is 0 Å². The van der Waals surface area contributed by atoms with Gasteiger partial charge in [-0.05, 0) is 117 Å². The monoisotopic (exact) mass is 729 g/mol. The van der Waals surface area contributed by atoms with E-state index >= 15 is 0 Å². The number of rotatable bonds is 7. The van der Waals surface area contributed by atoms with Crippen molar-refractivity contribution in [1.29, 1.82) is 0 Å². The molecule has 0 aliphatic heterocycles. The third-order valence-corrected chi connectivity index (χ3v) is 11.1. The minimum Gasteiger partial charge on any atom is -0.456 e. The number of anilines is 3. The molecule has 2 heterocycles. The Morgan fingerprint density at radius 2 is 0.702 bits per heavy atom. The predicted octanol–water partition coefficient (Wildman–Crippen LogP) is 15.6. The van der Waals surface area contributed by atoms with Gasteiger partial charge in [-0.1, -0.05) is 140 Å². The molecule has 0 spiro atoms. The quantitative estimate of drug-likeness (QED) is 0.164. The lowest BCUT2D eigenvalue weighted by molar-refractivity contribution is 0.668. The lowest BCUT2D eigenvalue weighted by Crippen LogP contribution is -2.10. The summed E-state index contributed by atoms with van der Waals surface area (Å²) in [5.74, 6) is 0. The van der Waals surface area contributed by atoms with Crippen LogP contribution in [0.2, 0.25) is 0 Å². The van der Waals surface area contributed by atoms with E-state index in [-0.39, 0.29) is 0 Å². The molecule has 9 aromatic carbocycles. The van der Waals surface area contributed by atoms with E-state index in [2.05, 4.69) is 193 Å². The predicted molar refractivity (Wildman–Crippen MR) is 237 cm³/mol. The van der Waals surface area contributed by atoms with E-state index in [0.717, 1.165) is 77.6 Å². The Morgan fingerprint density at radius 1 is 0.263 bits per heavy atom. The molecule has 0 bridgehead atoms. The topological polar surface area (TPSA) is 29.5 Å². The Labute approximate surface area is 330 Å².